The molecule has 1 amide bonds. The summed E-state index contributed by atoms with van der Waals surface area (Å²) in [5, 5.41) is 2.88. The van der Waals surface area contributed by atoms with E-state index in [1.807, 2.05) is 6.92 Å². The molecule has 1 aliphatic rings. The third-order valence-electron chi connectivity index (χ3n) is 4.16. The number of amides is 1. The Kier molecular flexibility index (Phi) is 7.47. The van der Waals surface area contributed by atoms with Gasteiger partial charge in [0.05, 0.1) is 25.4 Å². The maximum Gasteiger partial charge on any atom is 0.308 e. The molecule has 0 aromatic carbocycles. The van der Waals surface area contributed by atoms with E-state index < -0.39 is 22.1 Å². The van der Waals surface area contributed by atoms with E-state index in [0.29, 0.717) is 6.42 Å². The Balaban J connectivity index is 2.97. The van der Waals surface area contributed by atoms with Gasteiger partial charge < -0.3 is 10.1 Å². The summed E-state index contributed by atoms with van der Waals surface area (Å²) in [6, 6.07) is -0.214. The number of methoxy groups -OCH3 is 1. The van der Waals surface area contributed by atoms with Gasteiger partial charge in [0, 0.05) is 18.9 Å². The molecule has 23 heavy (non-hydrogen) atoms. The van der Waals surface area contributed by atoms with Crippen LogP contribution in [0.4, 0.5) is 0 Å². The lowest BCUT2D eigenvalue weighted by atomic mass is 9.91. The van der Waals surface area contributed by atoms with Crippen LogP contribution in [0.3, 0.4) is 0 Å². The largest absolute Gasteiger partial charge is 0.469 e. The minimum absolute atomic E-state index is 0.175. The summed E-state index contributed by atoms with van der Waals surface area (Å²) < 4.78 is 33.0. The second-order valence-electron chi connectivity index (χ2n) is 6.14. The van der Waals surface area contributed by atoms with E-state index in [0.717, 1.165) is 25.5 Å². The van der Waals surface area contributed by atoms with Gasteiger partial charge in [0.25, 0.3) is 10.1 Å². The van der Waals surface area contributed by atoms with Crippen LogP contribution in [0, 0.1) is 11.8 Å². The topological polar surface area (TPSA) is 98.8 Å². The number of ether oxygens (including phenoxy) is 1. The molecule has 1 rings (SSSR count). The van der Waals surface area contributed by atoms with Gasteiger partial charge in [0.2, 0.25) is 5.91 Å². The van der Waals surface area contributed by atoms with E-state index in [-0.39, 0.29) is 30.3 Å². The number of carbonyl (C=O) groups is 2. The van der Waals surface area contributed by atoms with Gasteiger partial charge in [-0.05, 0) is 19.3 Å². The van der Waals surface area contributed by atoms with Crippen molar-refractivity contribution in [3.05, 3.63) is 0 Å². The molecule has 0 saturated heterocycles. The van der Waals surface area contributed by atoms with E-state index in [1.54, 1.807) is 0 Å². The van der Waals surface area contributed by atoms with Crippen molar-refractivity contribution in [3.8, 4) is 0 Å². The lowest BCUT2D eigenvalue weighted by molar-refractivity contribution is -0.145. The minimum atomic E-state index is -3.64. The summed E-state index contributed by atoms with van der Waals surface area (Å²) >= 11 is 0. The molecule has 0 bridgehead atoms. The first kappa shape index (κ1) is 19.9. The summed E-state index contributed by atoms with van der Waals surface area (Å²) in [5.41, 5.74) is 0. The first-order valence-electron chi connectivity index (χ1n) is 7.91. The molecule has 0 heterocycles. The molecule has 134 valence electrons. The zero-order valence-corrected chi connectivity index (χ0v) is 15.0. The molecule has 0 aromatic rings. The van der Waals surface area contributed by atoms with Crippen molar-refractivity contribution in [1.82, 2.24) is 5.32 Å². The van der Waals surface area contributed by atoms with Crippen LogP contribution in [0.2, 0.25) is 0 Å². The van der Waals surface area contributed by atoms with Gasteiger partial charge in [-0.3, -0.25) is 13.8 Å². The van der Waals surface area contributed by atoms with Crippen molar-refractivity contribution in [2.75, 3.05) is 13.4 Å². The smallest absolute Gasteiger partial charge is 0.308 e. The standard InChI is InChI=1S/C15H27NO6S/c1-5-6-7-13(16-10(2)17)12-8-11(15(18)21-3)9-14(12)22-23(4,19)20/h11-14H,5-9H2,1-4H3,(H,16,17)/t11-,12+,13-,14+/m1/s1. The third kappa shape index (κ3) is 6.47. The predicted molar refractivity (Wildman–Crippen MR) is 85.1 cm³/mol. The Bertz CT molecular complexity index is 518. The molecule has 1 aliphatic carbocycles. The molecular weight excluding hydrogens is 322 g/mol. The quantitative estimate of drug-likeness (QED) is 0.523. The average Bonchev–Trinajstić information content (AvgIpc) is 2.83. The van der Waals surface area contributed by atoms with Crippen LogP contribution >= 0.6 is 0 Å². The molecule has 4 atom stereocenters. The molecule has 0 aromatic heterocycles. The van der Waals surface area contributed by atoms with Gasteiger partial charge in [-0.25, -0.2) is 0 Å². The Hall–Kier alpha value is -1.15. The molecular formula is C15H27NO6S. The number of esters is 1. The van der Waals surface area contributed by atoms with Crippen molar-refractivity contribution in [2.45, 2.75) is 58.1 Å². The van der Waals surface area contributed by atoms with Gasteiger partial charge >= 0.3 is 5.97 Å². The van der Waals surface area contributed by atoms with Gasteiger partial charge in [-0.15, -0.1) is 0 Å². The fourth-order valence-electron chi connectivity index (χ4n) is 3.23. The molecule has 1 N–H and O–H groups in total. The van der Waals surface area contributed by atoms with E-state index in [9.17, 15) is 18.0 Å². The fraction of sp³-hybridized carbons (Fsp3) is 0.867. The van der Waals surface area contributed by atoms with Crippen molar-refractivity contribution < 1.29 is 26.9 Å². The first-order valence-corrected chi connectivity index (χ1v) is 9.72. The van der Waals surface area contributed by atoms with Crippen LogP contribution in [0.25, 0.3) is 0 Å². The fourth-order valence-corrected chi connectivity index (χ4v) is 3.90. The maximum atomic E-state index is 11.8. The number of hydrogen-bond acceptors (Lipinski definition) is 6. The zero-order chi connectivity index (χ0) is 17.6. The number of unbranched alkanes of at least 4 members (excludes halogenated alkanes) is 1. The molecule has 7 nitrogen and oxygen atoms in total. The molecule has 0 radical (unpaired) electrons. The number of nitrogens with one attached hydrogen (secondary N) is 1. The molecule has 1 fully saturated rings. The first-order chi connectivity index (χ1) is 10.7. The normalized spacial score (nSPS) is 25.8. The highest BCUT2D eigenvalue weighted by Gasteiger charge is 2.44. The summed E-state index contributed by atoms with van der Waals surface area (Å²) in [4.78, 5) is 23.3. The SMILES string of the molecule is CCCC[C@@H](NC(C)=O)[C@@H]1C[C@@H](C(=O)OC)C[C@@H]1OS(C)(=O)=O. The van der Waals surface area contributed by atoms with Crippen LogP contribution < -0.4 is 5.32 Å². The van der Waals surface area contributed by atoms with Crippen LogP contribution in [0.5, 0.6) is 0 Å². The van der Waals surface area contributed by atoms with Crippen molar-refractivity contribution in [1.29, 1.82) is 0 Å². The Morgan fingerprint density at radius 3 is 2.43 bits per heavy atom. The summed E-state index contributed by atoms with van der Waals surface area (Å²) in [6.45, 7) is 3.47. The number of rotatable bonds is 8. The Labute approximate surface area is 138 Å². The van der Waals surface area contributed by atoms with Crippen LogP contribution in [0.15, 0.2) is 0 Å². The summed E-state index contributed by atoms with van der Waals surface area (Å²) in [6.07, 6.45) is 3.68. The van der Waals surface area contributed by atoms with E-state index >= 15 is 0 Å². The maximum absolute atomic E-state index is 11.8. The number of hydrogen-bond donors (Lipinski definition) is 1. The second kappa shape index (κ2) is 8.63. The summed E-state index contributed by atoms with van der Waals surface area (Å²) in [5.74, 6) is -1.18. The minimum Gasteiger partial charge on any atom is -0.469 e. The van der Waals surface area contributed by atoms with Gasteiger partial charge in [0.15, 0.2) is 0 Å². The van der Waals surface area contributed by atoms with Crippen molar-refractivity contribution in [3.63, 3.8) is 0 Å². The molecule has 1 saturated carbocycles. The zero-order valence-electron chi connectivity index (χ0n) is 14.2. The van der Waals surface area contributed by atoms with Gasteiger partial charge in [-0.1, -0.05) is 19.8 Å². The Morgan fingerprint density at radius 1 is 1.30 bits per heavy atom. The van der Waals surface area contributed by atoms with Gasteiger partial charge in [0.1, 0.15) is 0 Å². The van der Waals surface area contributed by atoms with Crippen LogP contribution in [0.1, 0.15) is 46.0 Å². The highest BCUT2D eigenvalue weighted by molar-refractivity contribution is 7.86. The lowest BCUT2D eigenvalue weighted by Gasteiger charge is -2.28. The monoisotopic (exact) mass is 349 g/mol. The third-order valence-corrected chi connectivity index (χ3v) is 4.75. The highest BCUT2D eigenvalue weighted by atomic mass is 32.2. The second-order valence-corrected chi connectivity index (χ2v) is 7.74. The molecule has 0 aliphatic heterocycles. The molecule has 8 heteroatoms. The van der Waals surface area contributed by atoms with Crippen LogP contribution in [-0.2, 0) is 28.6 Å². The predicted octanol–water partition coefficient (Wildman–Crippen LogP) is 1.23. The Morgan fingerprint density at radius 2 is 1.96 bits per heavy atom. The number of carbonyl (C=O) groups excluding carboxylic acids is 2. The molecule has 0 unspecified atom stereocenters. The van der Waals surface area contributed by atoms with E-state index in [1.165, 1.54) is 14.0 Å². The van der Waals surface area contributed by atoms with Crippen molar-refractivity contribution >= 4 is 22.0 Å². The van der Waals surface area contributed by atoms with E-state index in [2.05, 4.69) is 5.32 Å². The lowest BCUT2D eigenvalue weighted by Crippen LogP contribution is -2.43. The van der Waals surface area contributed by atoms with Crippen LogP contribution in [-0.4, -0.2) is 45.8 Å². The average molecular weight is 349 g/mol. The van der Waals surface area contributed by atoms with Gasteiger partial charge in [-0.2, -0.15) is 8.42 Å². The summed E-state index contributed by atoms with van der Waals surface area (Å²) in [7, 11) is -2.33. The van der Waals surface area contributed by atoms with E-state index in [4.69, 9.17) is 8.92 Å². The molecule has 0 spiro atoms. The highest BCUT2D eigenvalue weighted by Crippen LogP contribution is 2.38. The van der Waals surface area contributed by atoms with Crippen molar-refractivity contribution in [2.24, 2.45) is 11.8 Å².